The normalized spacial score (nSPS) is 19.7. The molecule has 146 valence electrons. The van der Waals surface area contributed by atoms with Gasteiger partial charge in [0.25, 0.3) is 0 Å². The Hall–Kier alpha value is -2.12. The lowest BCUT2D eigenvalue weighted by molar-refractivity contribution is -0.147. The van der Waals surface area contributed by atoms with Crippen molar-refractivity contribution in [3.63, 3.8) is 0 Å². The molecule has 27 heavy (non-hydrogen) atoms. The van der Waals surface area contributed by atoms with E-state index in [1.165, 1.54) is 16.9 Å². The van der Waals surface area contributed by atoms with Crippen LogP contribution in [0.4, 0.5) is 9.93 Å². The second-order valence-corrected chi connectivity index (χ2v) is 8.79. The molecule has 1 aliphatic rings. The molecule has 2 N–H and O–H groups in total. The van der Waals surface area contributed by atoms with Crippen LogP contribution in [0.2, 0.25) is 0 Å². The standard InChI is InChI=1S/C20H27N3O3S/c1-6-25-20(5)15-11-14(16-12-22-17(21)27-16)8-7-13(15)9-10-23(20)18(24)26-19(2,3)4/h7-8,11-12H,6,9-10H2,1-5H3,(H2,21,22). The van der Waals surface area contributed by atoms with Gasteiger partial charge in [0, 0.05) is 24.9 Å². The van der Waals surface area contributed by atoms with Crippen molar-refractivity contribution in [3.8, 4) is 10.4 Å². The largest absolute Gasteiger partial charge is 0.444 e. The van der Waals surface area contributed by atoms with Gasteiger partial charge in [-0.05, 0) is 58.2 Å². The summed E-state index contributed by atoms with van der Waals surface area (Å²) in [6.45, 7) is 10.5. The minimum absolute atomic E-state index is 0.364. The SMILES string of the molecule is CCOC1(C)c2cc(-c3cnc(N)s3)ccc2CCN1C(=O)OC(C)(C)C. The number of hydrogen-bond donors (Lipinski definition) is 1. The van der Waals surface area contributed by atoms with Crippen molar-refractivity contribution in [3.05, 3.63) is 35.5 Å². The van der Waals surface area contributed by atoms with Crippen molar-refractivity contribution in [1.29, 1.82) is 0 Å². The van der Waals surface area contributed by atoms with Crippen molar-refractivity contribution in [2.24, 2.45) is 0 Å². The number of carbonyl (C=O) groups excluding carboxylic acids is 1. The third-order valence-corrected chi connectivity index (χ3v) is 5.45. The van der Waals surface area contributed by atoms with Gasteiger partial charge in [-0.1, -0.05) is 23.5 Å². The second kappa shape index (κ2) is 7.13. The lowest BCUT2D eigenvalue weighted by atomic mass is 9.89. The highest BCUT2D eigenvalue weighted by Gasteiger charge is 2.44. The third-order valence-electron chi connectivity index (χ3n) is 4.58. The van der Waals surface area contributed by atoms with Crippen molar-refractivity contribution in [2.75, 3.05) is 18.9 Å². The molecule has 1 aliphatic heterocycles. The van der Waals surface area contributed by atoms with Gasteiger partial charge in [-0.2, -0.15) is 0 Å². The first kappa shape index (κ1) is 19.6. The average Bonchev–Trinajstić information content (AvgIpc) is 3.00. The maximum Gasteiger partial charge on any atom is 0.412 e. The van der Waals surface area contributed by atoms with Crippen LogP contribution in [0.1, 0.15) is 45.7 Å². The Kier molecular flexibility index (Phi) is 5.18. The molecule has 2 aromatic rings. The molecular formula is C20H27N3O3S. The molecule has 1 amide bonds. The summed E-state index contributed by atoms with van der Waals surface area (Å²) < 4.78 is 11.8. The number of thiazole rings is 1. The quantitative estimate of drug-likeness (QED) is 0.842. The molecule has 0 saturated heterocycles. The smallest absolute Gasteiger partial charge is 0.412 e. The Morgan fingerprint density at radius 3 is 2.74 bits per heavy atom. The zero-order valence-electron chi connectivity index (χ0n) is 16.5. The van der Waals surface area contributed by atoms with E-state index in [-0.39, 0.29) is 6.09 Å². The molecule has 1 aromatic heterocycles. The number of amides is 1. The summed E-state index contributed by atoms with van der Waals surface area (Å²) in [4.78, 5) is 19.7. The van der Waals surface area contributed by atoms with E-state index in [4.69, 9.17) is 15.2 Å². The van der Waals surface area contributed by atoms with Gasteiger partial charge in [-0.15, -0.1) is 0 Å². The van der Waals surface area contributed by atoms with E-state index in [0.717, 1.165) is 22.4 Å². The predicted octanol–water partition coefficient (Wildman–Crippen LogP) is 4.39. The zero-order chi connectivity index (χ0) is 19.8. The van der Waals surface area contributed by atoms with Gasteiger partial charge in [-0.25, -0.2) is 9.78 Å². The molecule has 1 atom stereocenters. The summed E-state index contributed by atoms with van der Waals surface area (Å²) in [5.41, 5.74) is 7.50. The summed E-state index contributed by atoms with van der Waals surface area (Å²) >= 11 is 1.44. The zero-order valence-corrected chi connectivity index (χ0v) is 17.4. The molecule has 2 heterocycles. The maximum atomic E-state index is 12.9. The fraction of sp³-hybridized carbons (Fsp3) is 0.500. The molecule has 6 nitrogen and oxygen atoms in total. The topological polar surface area (TPSA) is 77.7 Å². The molecule has 0 radical (unpaired) electrons. The van der Waals surface area contributed by atoms with Crippen LogP contribution in [0.5, 0.6) is 0 Å². The minimum atomic E-state index is -0.892. The summed E-state index contributed by atoms with van der Waals surface area (Å²) in [6.07, 6.45) is 2.16. The van der Waals surface area contributed by atoms with Gasteiger partial charge in [0.1, 0.15) is 5.60 Å². The van der Waals surface area contributed by atoms with Crippen molar-refractivity contribution < 1.29 is 14.3 Å². The maximum absolute atomic E-state index is 12.9. The van der Waals surface area contributed by atoms with Crippen LogP contribution in [0.15, 0.2) is 24.4 Å². The molecule has 0 spiro atoms. The van der Waals surface area contributed by atoms with E-state index in [2.05, 4.69) is 23.2 Å². The molecule has 1 unspecified atom stereocenters. The lowest BCUT2D eigenvalue weighted by Gasteiger charge is -2.45. The average molecular weight is 390 g/mol. The van der Waals surface area contributed by atoms with Crippen LogP contribution in [-0.2, 0) is 21.6 Å². The Morgan fingerprint density at radius 2 is 2.15 bits per heavy atom. The fourth-order valence-electron chi connectivity index (χ4n) is 3.41. The summed E-state index contributed by atoms with van der Waals surface area (Å²) in [5.74, 6) is 0. The number of ether oxygens (including phenoxy) is 2. The Morgan fingerprint density at radius 1 is 1.41 bits per heavy atom. The van der Waals surface area contributed by atoms with Crippen LogP contribution in [0, 0.1) is 0 Å². The molecule has 0 aliphatic carbocycles. The van der Waals surface area contributed by atoms with Crippen LogP contribution in [0.25, 0.3) is 10.4 Å². The van der Waals surface area contributed by atoms with Crippen LogP contribution in [-0.4, -0.2) is 34.7 Å². The van der Waals surface area contributed by atoms with E-state index in [1.54, 1.807) is 11.1 Å². The van der Waals surface area contributed by atoms with Crippen LogP contribution in [0.3, 0.4) is 0 Å². The number of benzene rings is 1. The number of aromatic nitrogens is 1. The number of rotatable bonds is 3. The molecule has 0 saturated carbocycles. The highest BCUT2D eigenvalue weighted by atomic mass is 32.1. The number of fused-ring (bicyclic) bond motifs is 1. The Balaban J connectivity index is 2.03. The number of nitrogens with two attached hydrogens (primary N) is 1. The molecular weight excluding hydrogens is 362 g/mol. The molecule has 7 heteroatoms. The molecule has 0 fully saturated rings. The number of carbonyl (C=O) groups is 1. The predicted molar refractivity (Wildman–Crippen MR) is 108 cm³/mol. The van der Waals surface area contributed by atoms with Gasteiger partial charge in [0.05, 0.1) is 4.88 Å². The van der Waals surface area contributed by atoms with Gasteiger partial charge < -0.3 is 15.2 Å². The number of hydrogen-bond acceptors (Lipinski definition) is 6. The second-order valence-electron chi connectivity index (χ2n) is 7.73. The lowest BCUT2D eigenvalue weighted by Crippen LogP contribution is -2.54. The highest BCUT2D eigenvalue weighted by molar-refractivity contribution is 7.18. The van der Waals surface area contributed by atoms with Gasteiger partial charge in [0.2, 0.25) is 0 Å². The highest BCUT2D eigenvalue weighted by Crippen LogP contribution is 2.40. The van der Waals surface area contributed by atoms with E-state index >= 15 is 0 Å². The van der Waals surface area contributed by atoms with Gasteiger partial charge in [-0.3, -0.25) is 4.90 Å². The Bertz CT molecular complexity index is 843. The van der Waals surface area contributed by atoms with Crippen molar-refractivity contribution in [2.45, 2.75) is 52.4 Å². The number of nitrogens with zero attached hydrogens (tertiary/aromatic N) is 2. The summed E-state index contributed by atoms with van der Waals surface area (Å²) in [5, 5.41) is 0.533. The third kappa shape index (κ3) is 3.94. The van der Waals surface area contributed by atoms with E-state index < -0.39 is 11.3 Å². The minimum Gasteiger partial charge on any atom is -0.444 e. The van der Waals surface area contributed by atoms with Gasteiger partial charge in [0.15, 0.2) is 10.9 Å². The molecule has 1 aromatic carbocycles. The molecule has 0 bridgehead atoms. The van der Waals surface area contributed by atoms with Crippen LogP contribution < -0.4 is 5.73 Å². The van der Waals surface area contributed by atoms with Crippen molar-refractivity contribution in [1.82, 2.24) is 9.88 Å². The fourth-order valence-corrected chi connectivity index (χ4v) is 4.09. The van der Waals surface area contributed by atoms with Crippen molar-refractivity contribution >= 4 is 22.6 Å². The molecule has 3 rings (SSSR count). The first-order chi connectivity index (χ1) is 12.6. The van der Waals surface area contributed by atoms with E-state index in [0.29, 0.717) is 18.3 Å². The summed E-state index contributed by atoms with van der Waals surface area (Å²) in [7, 11) is 0. The van der Waals surface area contributed by atoms with Gasteiger partial charge >= 0.3 is 6.09 Å². The summed E-state index contributed by atoms with van der Waals surface area (Å²) in [6, 6.07) is 6.25. The first-order valence-electron chi connectivity index (χ1n) is 9.13. The first-order valence-corrected chi connectivity index (χ1v) is 9.95. The monoisotopic (exact) mass is 389 g/mol. The Labute approximate surface area is 164 Å². The number of nitrogen functional groups attached to an aromatic ring is 1. The van der Waals surface area contributed by atoms with Crippen LogP contribution >= 0.6 is 11.3 Å². The van der Waals surface area contributed by atoms with E-state index in [9.17, 15) is 4.79 Å². The van der Waals surface area contributed by atoms with E-state index in [1.807, 2.05) is 34.6 Å². The number of anilines is 1.